The quantitative estimate of drug-likeness (QED) is 0.617. The molecule has 0 fully saturated rings. The van der Waals surface area contributed by atoms with Crippen LogP contribution < -0.4 is 4.74 Å². The fourth-order valence-electron chi connectivity index (χ4n) is 2.87. The van der Waals surface area contributed by atoms with Crippen LogP contribution in [0.3, 0.4) is 0 Å². The van der Waals surface area contributed by atoms with Crippen molar-refractivity contribution in [3.05, 3.63) is 42.5 Å². The number of fused-ring (bicyclic) bond motifs is 1. The molecule has 0 aliphatic heterocycles. The molecule has 4 rings (SSSR count). The zero-order chi connectivity index (χ0) is 17.6. The van der Waals surface area contributed by atoms with Gasteiger partial charge in [0.15, 0.2) is 5.82 Å². The summed E-state index contributed by atoms with van der Waals surface area (Å²) in [6, 6.07) is 3.72. The van der Waals surface area contributed by atoms with Crippen molar-refractivity contribution in [2.24, 2.45) is 7.05 Å². The fraction of sp³-hybridized carbons (Fsp3) is 0.176. The van der Waals surface area contributed by atoms with E-state index in [1.54, 1.807) is 34.8 Å². The molecule has 0 amide bonds. The van der Waals surface area contributed by atoms with Crippen molar-refractivity contribution in [2.75, 3.05) is 7.11 Å². The van der Waals surface area contributed by atoms with Gasteiger partial charge in [-0.25, -0.2) is 14.5 Å². The summed E-state index contributed by atoms with van der Waals surface area (Å²) < 4.78 is 8.62. The highest BCUT2D eigenvalue weighted by molar-refractivity contribution is 5.79. The predicted molar refractivity (Wildman–Crippen MR) is 91.4 cm³/mol. The summed E-state index contributed by atoms with van der Waals surface area (Å²) in [5.74, 6) is 1.37. The first-order valence-electron chi connectivity index (χ1n) is 7.65. The van der Waals surface area contributed by atoms with Gasteiger partial charge in [0, 0.05) is 43.5 Å². The van der Waals surface area contributed by atoms with Gasteiger partial charge in [0.05, 0.1) is 7.11 Å². The Kier molecular flexibility index (Phi) is 3.38. The molecule has 8 nitrogen and oxygen atoms in total. The molecular formula is C17H16N6O2. The van der Waals surface area contributed by atoms with Gasteiger partial charge in [0.25, 0.3) is 0 Å². The Hall–Kier alpha value is -3.42. The lowest BCUT2D eigenvalue weighted by Crippen LogP contribution is -2.01. The minimum atomic E-state index is -0.0854. The molecule has 0 saturated heterocycles. The van der Waals surface area contributed by atoms with Crippen LogP contribution in [-0.2, 0) is 7.05 Å². The summed E-state index contributed by atoms with van der Waals surface area (Å²) in [7, 11) is 3.42. The highest BCUT2D eigenvalue weighted by atomic mass is 16.5. The molecule has 1 N–H and O–H groups in total. The first-order valence-corrected chi connectivity index (χ1v) is 7.65. The van der Waals surface area contributed by atoms with E-state index in [9.17, 15) is 5.11 Å². The van der Waals surface area contributed by atoms with Crippen LogP contribution in [0.1, 0.15) is 5.56 Å². The van der Waals surface area contributed by atoms with Crippen LogP contribution in [0.25, 0.3) is 28.3 Å². The molecule has 0 aliphatic rings. The van der Waals surface area contributed by atoms with E-state index in [0.717, 1.165) is 16.7 Å². The number of aromatic hydroxyl groups is 1. The third kappa shape index (κ3) is 2.38. The van der Waals surface area contributed by atoms with Gasteiger partial charge in [0.1, 0.15) is 5.52 Å². The van der Waals surface area contributed by atoms with E-state index in [1.165, 1.54) is 0 Å². The zero-order valence-corrected chi connectivity index (χ0v) is 14.0. The summed E-state index contributed by atoms with van der Waals surface area (Å²) in [4.78, 5) is 12.6. The van der Waals surface area contributed by atoms with Gasteiger partial charge in [-0.15, -0.1) is 5.10 Å². The standard InChI is InChI=1S/C17H16N6O2/c1-10-12(11-4-5-18-13(8-11)25-3)9-23-14(10)17(24)20-15(21-23)16-19-6-7-22(16)2/h4-9H,1-3H3,(H,20,21,24). The zero-order valence-electron chi connectivity index (χ0n) is 14.0. The monoisotopic (exact) mass is 336 g/mol. The number of pyridine rings is 1. The highest BCUT2D eigenvalue weighted by Crippen LogP contribution is 2.33. The summed E-state index contributed by atoms with van der Waals surface area (Å²) >= 11 is 0. The molecule has 25 heavy (non-hydrogen) atoms. The second-order valence-corrected chi connectivity index (χ2v) is 5.67. The summed E-state index contributed by atoms with van der Waals surface area (Å²) in [6.07, 6.45) is 7.00. The average Bonchev–Trinajstić information content (AvgIpc) is 3.18. The van der Waals surface area contributed by atoms with Crippen molar-refractivity contribution < 1.29 is 9.84 Å². The van der Waals surface area contributed by atoms with E-state index in [2.05, 4.69) is 20.1 Å². The minimum absolute atomic E-state index is 0.0854. The summed E-state index contributed by atoms with van der Waals surface area (Å²) in [5, 5.41) is 14.9. The van der Waals surface area contributed by atoms with Crippen LogP contribution in [-0.4, -0.2) is 41.3 Å². The van der Waals surface area contributed by atoms with E-state index in [0.29, 0.717) is 23.0 Å². The lowest BCUT2D eigenvalue weighted by molar-refractivity contribution is 0.398. The molecule has 0 bridgehead atoms. The summed E-state index contributed by atoms with van der Waals surface area (Å²) in [5.41, 5.74) is 3.27. The topological polar surface area (TPSA) is 90.4 Å². The first kappa shape index (κ1) is 15.1. The molecule has 0 aliphatic carbocycles. The SMILES string of the molecule is COc1cc(-c2cn3nc(-c4nccn4C)nc(O)c3c2C)ccn1. The van der Waals surface area contributed by atoms with Crippen molar-refractivity contribution in [1.29, 1.82) is 0 Å². The molecule has 4 aromatic rings. The number of rotatable bonds is 3. The Bertz CT molecular complexity index is 1080. The molecule has 0 radical (unpaired) electrons. The largest absolute Gasteiger partial charge is 0.492 e. The predicted octanol–water partition coefficient (Wildman–Crippen LogP) is 2.21. The first-order chi connectivity index (χ1) is 12.1. The lowest BCUT2D eigenvalue weighted by atomic mass is 10.1. The minimum Gasteiger partial charge on any atom is -0.492 e. The Morgan fingerprint density at radius 1 is 1.20 bits per heavy atom. The van der Waals surface area contributed by atoms with E-state index in [4.69, 9.17) is 4.74 Å². The van der Waals surface area contributed by atoms with E-state index < -0.39 is 0 Å². The Balaban J connectivity index is 1.92. The van der Waals surface area contributed by atoms with Gasteiger partial charge in [-0.05, 0) is 24.1 Å². The van der Waals surface area contributed by atoms with Crippen molar-refractivity contribution in [3.8, 4) is 34.5 Å². The molecule has 0 spiro atoms. The second kappa shape index (κ2) is 5.59. The van der Waals surface area contributed by atoms with Gasteiger partial charge in [0.2, 0.25) is 17.6 Å². The Morgan fingerprint density at radius 3 is 2.76 bits per heavy atom. The van der Waals surface area contributed by atoms with Crippen molar-refractivity contribution in [2.45, 2.75) is 6.92 Å². The van der Waals surface area contributed by atoms with Crippen LogP contribution in [0.4, 0.5) is 0 Å². The van der Waals surface area contributed by atoms with Crippen molar-refractivity contribution in [1.82, 2.24) is 29.1 Å². The van der Waals surface area contributed by atoms with Crippen LogP contribution in [0.15, 0.2) is 36.9 Å². The number of hydrogen-bond donors (Lipinski definition) is 1. The Labute approximate surface area is 143 Å². The van der Waals surface area contributed by atoms with Crippen molar-refractivity contribution >= 4 is 5.52 Å². The molecule has 0 saturated carbocycles. The van der Waals surface area contributed by atoms with Crippen molar-refractivity contribution in [3.63, 3.8) is 0 Å². The summed E-state index contributed by atoms with van der Waals surface area (Å²) in [6.45, 7) is 1.92. The van der Waals surface area contributed by atoms with Gasteiger partial charge in [-0.2, -0.15) is 4.98 Å². The third-order valence-corrected chi connectivity index (χ3v) is 4.14. The Morgan fingerprint density at radius 2 is 2.04 bits per heavy atom. The number of hydrogen-bond acceptors (Lipinski definition) is 6. The smallest absolute Gasteiger partial charge is 0.240 e. The number of aryl methyl sites for hydroxylation is 2. The average molecular weight is 336 g/mol. The number of aromatic nitrogens is 6. The molecule has 0 unspecified atom stereocenters. The van der Waals surface area contributed by atoms with Crippen LogP contribution in [0.2, 0.25) is 0 Å². The molecule has 0 atom stereocenters. The van der Waals surface area contributed by atoms with Gasteiger partial charge in [-0.3, -0.25) is 0 Å². The third-order valence-electron chi connectivity index (χ3n) is 4.14. The van der Waals surface area contributed by atoms with Crippen LogP contribution in [0.5, 0.6) is 11.8 Å². The molecule has 126 valence electrons. The van der Waals surface area contributed by atoms with E-state index in [1.807, 2.05) is 32.3 Å². The number of imidazole rings is 1. The fourth-order valence-corrected chi connectivity index (χ4v) is 2.87. The normalized spacial score (nSPS) is 11.2. The highest BCUT2D eigenvalue weighted by Gasteiger charge is 2.18. The van der Waals surface area contributed by atoms with E-state index >= 15 is 0 Å². The van der Waals surface area contributed by atoms with E-state index in [-0.39, 0.29) is 5.88 Å². The maximum Gasteiger partial charge on any atom is 0.240 e. The van der Waals surface area contributed by atoms with Crippen LogP contribution >= 0.6 is 0 Å². The number of methoxy groups -OCH3 is 1. The maximum atomic E-state index is 10.4. The molecule has 0 aromatic carbocycles. The van der Waals surface area contributed by atoms with Gasteiger partial charge in [-0.1, -0.05) is 0 Å². The maximum absolute atomic E-state index is 10.4. The van der Waals surface area contributed by atoms with Crippen LogP contribution in [0, 0.1) is 6.92 Å². The second-order valence-electron chi connectivity index (χ2n) is 5.67. The number of nitrogens with zero attached hydrogens (tertiary/aromatic N) is 6. The van der Waals surface area contributed by atoms with Gasteiger partial charge < -0.3 is 14.4 Å². The molecule has 4 heterocycles. The number of ether oxygens (including phenoxy) is 1. The lowest BCUT2D eigenvalue weighted by Gasteiger charge is -2.04. The van der Waals surface area contributed by atoms with Gasteiger partial charge >= 0.3 is 0 Å². The molecular weight excluding hydrogens is 320 g/mol. The molecule has 4 aromatic heterocycles. The molecule has 8 heteroatoms.